The molecule has 1 fully saturated rings. The molecular formula is C13H19FN2O3S. The number of anilines is 1. The molecule has 0 spiro atoms. The molecule has 1 aromatic rings. The Morgan fingerprint density at radius 2 is 2.15 bits per heavy atom. The molecule has 1 unspecified atom stereocenters. The van der Waals surface area contributed by atoms with Crippen LogP contribution in [0.5, 0.6) is 0 Å². The highest BCUT2D eigenvalue weighted by Crippen LogP contribution is 2.25. The fraction of sp³-hybridized carbons (Fsp3) is 0.538. The largest absolute Gasteiger partial charge is 0.396 e. The number of nitrogens with one attached hydrogen (secondary N) is 1. The standard InChI is InChI=1S/C13H19FN2O3S/c1-13(2)8-9(5-6-19-13)16-20(17,18)10-3-4-12(15)11(14)7-10/h3-4,7,9,16H,5-6,8,15H2,1-2H3. The Morgan fingerprint density at radius 1 is 1.45 bits per heavy atom. The third-order valence-corrected chi connectivity index (χ3v) is 4.82. The van der Waals surface area contributed by atoms with Crippen LogP contribution in [-0.2, 0) is 14.8 Å². The SMILES string of the molecule is CC1(C)CC(NS(=O)(=O)c2ccc(N)c(F)c2)CCO1. The van der Waals surface area contributed by atoms with Crippen molar-refractivity contribution >= 4 is 15.7 Å². The Bertz CT molecular complexity index is 602. The molecule has 0 aromatic heterocycles. The number of nitrogen functional groups attached to an aromatic ring is 1. The summed E-state index contributed by atoms with van der Waals surface area (Å²) >= 11 is 0. The normalized spacial score (nSPS) is 22.6. The quantitative estimate of drug-likeness (QED) is 0.832. The van der Waals surface area contributed by atoms with Crippen LogP contribution in [0.3, 0.4) is 0 Å². The van der Waals surface area contributed by atoms with Gasteiger partial charge >= 0.3 is 0 Å². The highest BCUT2D eigenvalue weighted by molar-refractivity contribution is 7.89. The van der Waals surface area contributed by atoms with E-state index in [4.69, 9.17) is 10.5 Å². The van der Waals surface area contributed by atoms with E-state index >= 15 is 0 Å². The van der Waals surface area contributed by atoms with E-state index in [1.54, 1.807) is 0 Å². The first-order valence-corrected chi connectivity index (χ1v) is 7.89. The molecule has 0 amide bonds. The van der Waals surface area contributed by atoms with Gasteiger partial charge in [0.05, 0.1) is 16.2 Å². The van der Waals surface area contributed by atoms with Gasteiger partial charge in [-0.25, -0.2) is 17.5 Å². The second kappa shape index (κ2) is 5.31. The van der Waals surface area contributed by atoms with Gasteiger partial charge in [0.25, 0.3) is 0 Å². The molecule has 20 heavy (non-hydrogen) atoms. The van der Waals surface area contributed by atoms with Crippen molar-refractivity contribution in [3.63, 3.8) is 0 Å². The Hall–Kier alpha value is -1.18. The molecule has 0 bridgehead atoms. The number of benzene rings is 1. The summed E-state index contributed by atoms with van der Waals surface area (Å²) in [5.74, 6) is -0.736. The summed E-state index contributed by atoms with van der Waals surface area (Å²) in [5, 5.41) is 0. The van der Waals surface area contributed by atoms with E-state index in [0.29, 0.717) is 19.4 Å². The fourth-order valence-electron chi connectivity index (χ4n) is 2.29. The van der Waals surface area contributed by atoms with Crippen molar-refractivity contribution in [2.45, 2.75) is 43.2 Å². The molecule has 1 aliphatic rings. The van der Waals surface area contributed by atoms with E-state index in [1.165, 1.54) is 12.1 Å². The van der Waals surface area contributed by atoms with Gasteiger partial charge in [-0.05, 0) is 44.9 Å². The van der Waals surface area contributed by atoms with E-state index in [0.717, 1.165) is 6.07 Å². The Balaban J connectivity index is 2.16. The van der Waals surface area contributed by atoms with Gasteiger partial charge in [0, 0.05) is 12.6 Å². The van der Waals surface area contributed by atoms with Crippen molar-refractivity contribution in [3.8, 4) is 0 Å². The van der Waals surface area contributed by atoms with E-state index in [1.807, 2.05) is 13.8 Å². The van der Waals surface area contributed by atoms with Gasteiger partial charge < -0.3 is 10.5 Å². The predicted octanol–water partition coefficient (Wildman–Crippen LogP) is 1.64. The number of halogens is 1. The summed E-state index contributed by atoms with van der Waals surface area (Å²) in [5.41, 5.74) is 4.91. The first-order valence-electron chi connectivity index (χ1n) is 6.41. The van der Waals surface area contributed by atoms with E-state index in [2.05, 4.69) is 4.72 Å². The molecule has 112 valence electrons. The minimum atomic E-state index is -3.75. The van der Waals surface area contributed by atoms with Crippen molar-refractivity contribution in [1.82, 2.24) is 4.72 Å². The van der Waals surface area contributed by atoms with Gasteiger partial charge in [-0.1, -0.05) is 0 Å². The maximum atomic E-state index is 13.4. The molecule has 1 aromatic carbocycles. The minimum absolute atomic E-state index is 0.0730. The monoisotopic (exact) mass is 302 g/mol. The summed E-state index contributed by atoms with van der Waals surface area (Å²) in [6, 6.07) is 3.26. The topological polar surface area (TPSA) is 81.4 Å². The zero-order valence-electron chi connectivity index (χ0n) is 11.5. The predicted molar refractivity (Wildman–Crippen MR) is 74.2 cm³/mol. The first-order chi connectivity index (χ1) is 9.20. The number of rotatable bonds is 3. The molecule has 3 N–H and O–H groups in total. The average molecular weight is 302 g/mol. The van der Waals surface area contributed by atoms with Gasteiger partial charge in [-0.15, -0.1) is 0 Å². The van der Waals surface area contributed by atoms with Crippen LogP contribution in [0.1, 0.15) is 26.7 Å². The van der Waals surface area contributed by atoms with E-state index in [-0.39, 0.29) is 22.2 Å². The molecule has 1 heterocycles. The number of sulfonamides is 1. The van der Waals surface area contributed by atoms with Crippen molar-refractivity contribution in [3.05, 3.63) is 24.0 Å². The minimum Gasteiger partial charge on any atom is -0.396 e. The van der Waals surface area contributed by atoms with Gasteiger partial charge in [0.15, 0.2) is 0 Å². The zero-order valence-corrected chi connectivity index (χ0v) is 12.3. The van der Waals surface area contributed by atoms with Crippen LogP contribution in [0.25, 0.3) is 0 Å². The molecule has 0 aliphatic carbocycles. The molecule has 7 heteroatoms. The van der Waals surface area contributed by atoms with Crippen LogP contribution in [0.4, 0.5) is 10.1 Å². The lowest BCUT2D eigenvalue weighted by atomic mass is 9.95. The molecule has 5 nitrogen and oxygen atoms in total. The maximum Gasteiger partial charge on any atom is 0.240 e. The summed E-state index contributed by atoms with van der Waals surface area (Å²) in [6.45, 7) is 4.32. The molecule has 2 rings (SSSR count). The van der Waals surface area contributed by atoms with E-state index in [9.17, 15) is 12.8 Å². The van der Waals surface area contributed by atoms with Gasteiger partial charge in [0.2, 0.25) is 10.0 Å². The third-order valence-electron chi connectivity index (χ3n) is 3.30. The molecule has 0 radical (unpaired) electrons. The summed E-state index contributed by atoms with van der Waals surface area (Å²) in [6.07, 6.45) is 1.17. The van der Waals surface area contributed by atoms with Gasteiger partial charge in [-0.3, -0.25) is 0 Å². The third kappa shape index (κ3) is 3.47. The number of hydrogen-bond donors (Lipinski definition) is 2. The summed E-state index contributed by atoms with van der Waals surface area (Å²) < 4.78 is 45.9. The fourth-order valence-corrected chi connectivity index (χ4v) is 3.58. The first kappa shape index (κ1) is 15.2. The molecule has 0 saturated carbocycles. The number of ether oxygens (including phenoxy) is 1. The lowest BCUT2D eigenvalue weighted by molar-refractivity contribution is -0.0599. The van der Waals surface area contributed by atoms with E-state index < -0.39 is 15.8 Å². The lowest BCUT2D eigenvalue weighted by Gasteiger charge is -2.35. The zero-order chi connectivity index (χ0) is 15.0. The maximum absolute atomic E-state index is 13.4. The molecular weight excluding hydrogens is 283 g/mol. The van der Waals surface area contributed by atoms with Crippen molar-refractivity contribution < 1.29 is 17.5 Å². The van der Waals surface area contributed by atoms with Crippen LogP contribution < -0.4 is 10.5 Å². The number of hydrogen-bond acceptors (Lipinski definition) is 4. The van der Waals surface area contributed by atoms with Crippen molar-refractivity contribution in [2.24, 2.45) is 0 Å². The Labute approximate surface area is 118 Å². The lowest BCUT2D eigenvalue weighted by Crippen LogP contribution is -2.45. The second-order valence-corrected chi connectivity index (χ2v) is 7.32. The smallest absolute Gasteiger partial charge is 0.240 e. The van der Waals surface area contributed by atoms with Gasteiger partial charge in [-0.2, -0.15) is 0 Å². The highest BCUT2D eigenvalue weighted by Gasteiger charge is 2.31. The van der Waals surface area contributed by atoms with Crippen LogP contribution in [0.2, 0.25) is 0 Å². The molecule has 1 aliphatic heterocycles. The highest BCUT2D eigenvalue weighted by atomic mass is 32.2. The summed E-state index contributed by atoms with van der Waals surface area (Å²) in [7, 11) is -3.75. The van der Waals surface area contributed by atoms with Crippen LogP contribution in [0, 0.1) is 5.82 Å². The Morgan fingerprint density at radius 3 is 2.75 bits per heavy atom. The van der Waals surface area contributed by atoms with Crippen LogP contribution >= 0.6 is 0 Å². The number of nitrogens with two attached hydrogens (primary N) is 1. The average Bonchev–Trinajstić information content (AvgIpc) is 2.30. The Kier molecular flexibility index (Phi) is 4.04. The van der Waals surface area contributed by atoms with Gasteiger partial charge in [0.1, 0.15) is 5.82 Å². The van der Waals surface area contributed by atoms with Crippen molar-refractivity contribution in [2.75, 3.05) is 12.3 Å². The summed E-state index contributed by atoms with van der Waals surface area (Å²) in [4.78, 5) is -0.117. The second-order valence-electron chi connectivity index (χ2n) is 5.60. The molecule has 1 saturated heterocycles. The van der Waals surface area contributed by atoms with Crippen LogP contribution in [-0.4, -0.2) is 26.7 Å². The van der Waals surface area contributed by atoms with Crippen LogP contribution in [0.15, 0.2) is 23.1 Å². The van der Waals surface area contributed by atoms with Crippen molar-refractivity contribution in [1.29, 1.82) is 0 Å². The molecule has 1 atom stereocenters.